The molecule has 188 valence electrons. The standard InChI is InChI=1S/C27H27Cl2N3O3S/c1-6-9-31-22-13-23(35-5)16(10-18(22)15(2)14-27(31,3)4)11-19-24(33)30-26(36)32(25(19)34)17-7-8-20(28)21(29)12-17/h7-8,10-14H,6,9H2,1-5H3,(H,30,33,36)/b19-11-. The molecule has 1 saturated heterocycles. The molecule has 0 bridgehead atoms. The molecule has 2 amide bonds. The Bertz CT molecular complexity index is 1350. The van der Waals surface area contributed by atoms with Gasteiger partial charge in [0.25, 0.3) is 11.8 Å². The smallest absolute Gasteiger partial charge is 0.270 e. The summed E-state index contributed by atoms with van der Waals surface area (Å²) >= 11 is 17.5. The van der Waals surface area contributed by atoms with Gasteiger partial charge in [0.15, 0.2) is 5.11 Å². The molecule has 2 aliphatic heterocycles. The number of fused-ring (bicyclic) bond motifs is 1. The SMILES string of the molecule is CCCN1c2cc(OC)c(/C=C3/C(=O)NC(=S)N(c4ccc(Cl)c(Cl)c4)C3=O)cc2C(C)=CC1(C)C. The number of carbonyl (C=O) groups excluding carboxylic acids is 2. The molecule has 2 aromatic carbocycles. The average Bonchev–Trinajstić information content (AvgIpc) is 2.81. The number of ether oxygens (including phenoxy) is 1. The normalized spacial score (nSPS) is 18.2. The molecule has 0 atom stereocenters. The quantitative estimate of drug-likeness (QED) is 0.274. The molecule has 36 heavy (non-hydrogen) atoms. The summed E-state index contributed by atoms with van der Waals surface area (Å²) in [6.45, 7) is 9.46. The van der Waals surface area contributed by atoms with E-state index in [-0.39, 0.29) is 21.2 Å². The minimum absolute atomic E-state index is 0.0332. The summed E-state index contributed by atoms with van der Waals surface area (Å²) in [6, 6.07) is 8.65. The lowest BCUT2D eigenvalue weighted by atomic mass is 9.87. The minimum Gasteiger partial charge on any atom is -0.496 e. The number of benzene rings is 2. The number of anilines is 2. The van der Waals surface area contributed by atoms with Gasteiger partial charge < -0.3 is 9.64 Å². The molecule has 9 heteroatoms. The van der Waals surface area contributed by atoms with Gasteiger partial charge in [-0.3, -0.25) is 19.8 Å². The van der Waals surface area contributed by atoms with Crippen LogP contribution in [0.15, 0.2) is 42.0 Å². The Morgan fingerprint density at radius 2 is 1.86 bits per heavy atom. The molecule has 0 unspecified atom stereocenters. The highest BCUT2D eigenvalue weighted by Crippen LogP contribution is 2.43. The van der Waals surface area contributed by atoms with E-state index in [1.54, 1.807) is 25.3 Å². The summed E-state index contributed by atoms with van der Waals surface area (Å²) in [6.07, 6.45) is 4.76. The summed E-state index contributed by atoms with van der Waals surface area (Å²) < 4.78 is 5.71. The van der Waals surface area contributed by atoms with Gasteiger partial charge in [0.1, 0.15) is 11.3 Å². The summed E-state index contributed by atoms with van der Waals surface area (Å²) in [5.74, 6) is -0.590. The Labute approximate surface area is 226 Å². The van der Waals surface area contributed by atoms with Gasteiger partial charge in [-0.15, -0.1) is 0 Å². The lowest BCUT2D eigenvalue weighted by Crippen LogP contribution is -2.54. The van der Waals surface area contributed by atoms with Crippen molar-refractivity contribution in [3.05, 3.63) is 63.2 Å². The maximum Gasteiger partial charge on any atom is 0.270 e. The van der Waals surface area contributed by atoms with Crippen molar-refractivity contribution in [1.29, 1.82) is 0 Å². The molecular weight excluding hydrogens is 517 g/mol. The van der Waals surface area contributed by atoms with Crippen LogP contribution in [0.3, 0.4) is 0 Å². The van der Waals surface area contributed by atoms with Crippen LogP contribution in [-0.4, -0.2) is 36.1 Å². The monoisotopic (exact) mass is 543 g/mol. The van der Waals surface area contributed by atoms with Crippen molar-refractivity contribution < 1.29 is 14.3 Å². The zero-order chi connectivity index (χ0) is 26.4. The van der Waals surface area contributed by atoms with Crippen LogP contribution >= 0.6 is 35.4 Å². The molecule has 2 aliphatic rings. The number of thiocarbonyl (C=S) groups is 1. The van der Waals surface area contributed by atoms with E-state index in [1.807, 2.05) is 12.1 Å². The average molecular weight is 545 g/mol. The highest BCUT2D eigenvalue weighted by atomic mass is 35.5. The van der Waals surface area contributed by atoms with Crippen molar-refractivity contribution >= 4 is 75.4 Å². The van der Waals surface area contributed by atoms with Crippen LogP contribution in [0, 0.1) is 0 Å². The number of carbonyl (C=O) groups is 2. The van der Waals surface area contributed by atoms with Crippen LogP contribution in [0.2, 0.25) is 10.0 Å². The summed E-state index contributed by atoms with van der Waals surface area (Å²) in [4.78, 5) is 29.9. The van der Waals surface area contributed by atoms with E-state index in [0.717, 1.165) is 29.8 Å². The molecule has 0 aliphatic carbocycles. The zero-order valence-corrected chi connectivity index (χ0v) is 23.1. The van der Waals surface area contributed by atoms with Crippen LogP contribution < -0.4 is 19.9 Å². The van der Waals surface area contributed by atoms with Crippen molar-refractivity contribution in [1.82, 2.24) is 5.32 Å². The van der Waals surface area contributed by atoms with E-state index < -0.39 is 11.8 Å². The molecule has 6 nitrogen and oxygen atoms in total. The fraction of sp³-hybridized carbons (Fsp3) is 0.296. The van der Waals surface area contributed by atoms with Crippen LogP contribution in [0.1, 0.15) is 45.2 Å². The predicted octanol–water partition coefficient (Wildman–Crippen LogP) is 6.25. The molecule has 1 N–H and O–H groups in total. The second-order valence-electron chi connectivity index (χ2n) is 9.30. The van der Waals surface area contributed by atoms with E-state index in [9.17, 15) is 9.59 Å². The first-order valence-corrected chi connectivity index (χ1v) is 12.7. The maximum absolute atomic E-state index is 13.5. The molecule has 0 aromatic heterocycles. The van der Waals surface area contributed by atoms with E-state index in [1.165, 1.54) is 11.0 Å². The number of allylic oxidation sites excluding steroid dienone is 1. The first-order valence-electron chi connectivity index (χ1n) is 11.5. The molecule has 0 spiro atoms. The van der Waals surface area contributed by atoms with E-state index >= 15 is 0 Å². The lowest BCUT2D eigenvalue weighted by molar-refractivity contribution is -0.122. The van der Waals surface area contributed by atoms with E-state index in [4.69, 9.17) is 40.2 Å². The molecule has 0 radical (unpaired) electrons. The molecule has 0 saturated carbocycles. The first kappa shape index (κ1) is 26.2. The lowest BCUT2D eigenvalue weighted by Gasteiger charge is -2.43. The summed E-state index contributed by atoms with van der Waals surface area (Å²) in [7, 11) is 1.57. The van der Waals surface area contributed by atoms with E-state index in [2.05, 4.69) is 44.0 Å². The van der Waals surface area contributed by atoms with Crippen molar-refractivity contribution in [2.45, 2.75) is 39.7 Å². The third-order valence-electron chi connectivity index (χ3n) is 6.34. The van der Waals surface area contributed by atoms with E-state index in [0.29, 0.717) is 22.0 Å². The fourth-order valence-electron chi connectivity index (χ4n) is 4.71. The van der Waals surface area contributed by atoms with Gasteiger partial charge in [0, 0.05) is 29.4 Å². The fourth-order valence-corrected chi connectivity index (χ4v) is 5.29. The van der Waals surface area contributed by atoms with Crippen molar-refractivity contribution in [3.8, 4) is 5.75 Å². The second kappa shape index (κ2) is 9.88. The third kappa shape index (κ3) is 4.63. The zero-order valence-electron chi connectivity index (χ0n) is 20.7. The largest absolute Gasteiger partial charge is 0.496 e. The Morgan fingerprint density at radius 3 is 2.50 bits per heavy atom. The summed E-state index contributed by atoms with van der Waals surface area (Å²) in [5.41, 5.74) is 3.97. The van der Waals surface area contributed by atoms with Gasteiger partial charge in [-0.1, -0.05) is 36.2 Å². The number of nitrogens with zero attached hydrogens (tertiary/aromatic N) is 2. The number of nitrogens with one attached hydrogen (secondary N) is 1. The number of hydrogen-bond acceptors (Lipinski definition) is 5. The molecule has 2 heterocycles. The van der Waals surface area contributed by atoms with Gasteiger partial charge in [-0.05, 0) is 75.3 Å². The van der Waals surface area contributed by atoms with Crippen LogP contribution in [-0.2, 0) is 9.59 Å². The van der Waals surface area contributed by atoms with Gasteiger partial charge in [-0.2, -0.15) is 0 Å². The van der Waals surface area contributed by atoms with Crippen LogP contribution in [0.25, 0.3) is 11.6 Å². The number of halogens is 2. The van der Waals surface area contributed by atoms with Gasteiger partial charge in [0.2, 0.25) is 0 Å². The number of amides is 2. The van der Waals surface area contributed by atoms with Gasteiger partial charge in [0.05, 0.1) is 28.4 Å². The minimum atomic E-state index is -0.581. The predicted molar refractivity (Wildman–Crippen MR) is 151 cm³/mol. The molecule has 1 fully saturated rings. The van der Waals surface area contributed by atoms with Crippen LogP contribution in [0.4, 0.5) is 11.4 Å². The summed E-state index contributed by atoms with van der Waals surface area (Å²) in [5, 5.41) is 3.18. The van der Waals surface area contributed by atoms with Crippen molar-refractivity contribution in [3.63, 3.8) is 0 Å². The highest BCUT2D eigenvalue weighted by molar-refractivity contribution is 7.80. The molecule has 4 rings (SSSR count). The van der Waals surface area contributed by atoms with Crippen molar-refractivity contribution in [2.24, 2.45) is 0 Å². The third-order valence-corrected chi connectivity index (χ3v) is 7.36. The Morgan fingerprint density at radius 1 is 1.14 bits per heavy atom. The highest BCUT2D eigenvalue weighted by Gasteiger charge is 2.36. The molecular formula is C27H27Cl2N3O3S. The number of rotatable bonds is 5. The van der Waals surface area contributed by atoms with Gasteiger partial charge in [-0.25, -0.2) is 0 Å². The van der Waals surface area contributed by atoms with Crippen LogP contribution in [0.5, 0.6) is 5.75 Å². The first-order chi connectivity index (χ1) is 17.0. The Hall–Kier alpha value is -2.87. The Balaban J connectivity index is 1.82. The maximum atomic E-state index is 13.5. The Kier molecular flexibility index (Phi) is 7.19. The second-order valence-corrected chi connectivity index (χ2v) is 10.5. The molecule has 2 aromatic rings. The topological polar surface area (TPSA) is 61.9 Å². The number of methoxy groups -OCH3 is 1. The van der Waals surface area contributed by atoms with Crippen molar-refractivity contribution in [2.75, 3.05) is 23.5 Å². The van der Waals surface area contributed by atoms with Gasteiger partial charge >= 0.3 is 0 Å². The number of hydrogen-bond donors (Lipinski definition) is 1.